The topological polar surface area (TPSA) is 46.3 Å². The van der Waals surface area contributed by atoms with E-state index in [1.807, 2.05) is 4.90 Å². The first-order valence-corrected chi connectivity index (χ1v) is 6.90. The molecule has 0 saturated heterocycles. The van der Waals surface area contributed by atoms with Gasteiger partial charge in [-0.1, -0.05) is 27.2 Å². The summed E-state index contributed by atoms with van der Waals surface area (Å²) >= 11 is 0. The standard InChI is InChI=1S/C14H28N2O/c1-5-16(10-14(3,4)9-15)13(17)12-8-6-7-11(12)2/h11-12H,5-10,15H2,1-4H3. The minimum absolute atomic E-state index is 0.0213. The van der Waals surface area contributed by atoms with E-state index in [0.29, 0.717) is 18.4 Å². The van der Waals surface area contributed by atoms with Crippen LogP contribution in [0.15, 0.2) is 0 Å². The van der Waals surface area contributed by atoms with Crippen LogP contribution in [0.4, 0.5) is 0 Å². The van der Waals surface area contributed by atoms with Gasteiger partial charge in [0.1, 0.15) is 0 Å². The lowest BCUT2D eigenvalue weighted by Gasteiger charge is -2.33. The molecule has 1 fully saturated rings. The molecule has 1 rings (SSSR count). The van der Waals surface area contributed by atoms with E-state index < -0.39 is 0 Å². The molecule has 0 aliphatic heterocycles. The number of carbonyl (C=O) groups excluding carboxylic acids is 1. The molecule has 2 atom stereocenters. The van der Waals surface area contributed by atoms with Crippen molar-refractivity contribution in [1.82, 2.24) is 4.90 Å². The average Bonchev–Trinajstić information content (AvgIpc) is 2.71. The second-order valence-corrected chi connectivity index (χ2v) is 6.24. The smallest absolute Gasteiger partial charge is 0.225 e. The average molecular weight is 240 g/mol. The van der Waals surface area contributed by atoms with Crippen LogP contribution in [0, 0.1) is 17.3 Å². The molecule has 3 nitrogen and oxygen atoms in total. The summed E-state index contributed by atoms with van der Waals surface area (Å²) in [6.45, 7) is 10.7. The molecule has 0 radical (unpaired) electrons. The van der Waals surface area contributed by atoms with Crippen LogP contribution < -0.4 is 5.73 Å². The van der Waals surface area contributed by atoms with Crippen molar-refractivity contribution >= 4 is 5.91 Å². The molecule has 0 spiro atoms. The SMILES string of the molecule is CCN(CC(C)(C)CN)C(=O)C1CCCC1C. The van der Waals surface area contributed by atoms with Crippen LogP contribution in [-0.2, 0) is 4.79 Å². The van der Waals surface area contributed by atoms with Crippen LogP contribution >= 0.6 is 0 Å². The summed E-state index contributed by atoms with van der Waals surface area (Å²) in [5, 5.41) is 0. The van der Waals surface area contributed by atoms with Crippen molar-refractivity contribution < 1.29 is 4.79 Å². The summed E-state index contributed by atoms with van der Waals surface area (Å²) in [4.78, 5) is 14.5. The lowest BCUT2D eigenvalue weighted by molar-refractivity contribution is -0.137. The Bertz CT molecular complexity index is 263. The summed E-state index contributed by atoms with van der Waals surface area (Å²) in [5.41, 5.74) is 5.77. The van der Waals surface area contributed by atoms with Crippen molar-refractivity contribution in [3.8, 4) is 0 Å². The second kappa shape index (κ2) is 5.85. The monoisotopic (exact) mass is 240 g/mol. The third kappa shape index (κ3) is 3.70. The third-order valence-corrected chi connectivity index (χ3v) is 4.04. The Labute approximate surface area is 106 Å². The van der Waals surface area contributed by atoms with Crippen molar-refractivity contribution in [2.45, 2.75) is 47.0 Å². The molecule has 0 bridgehead atoms. The van der Waals surface area contributed by atoms with Crippen LogP contribution in [-0.4, -0.2) is 30.4 Å². The summed E-state index contributed by atoms with van der Waals surface area (Å²) < 4.78 is 0. The molecule has 17 heavy (non-hydrogen) atoms. The molecule has 1 amide bonds. The Morgan fingerprint density at radius 3 is 2.47 bits per heavy atom. The largest absolute Gasteiger partial charge is 0.342 e. The normalized spacial score (nSPS) is 25.0. The van der Waals surface area contributed by atoms with Crippen LogP contribution in [0.1, 0.15) is 47.0 Å². The molecule has 0 heterocycles. The number of hydrogen-bond acceptors (Lipinski definition) is 2. The van der Waals surface area contributed by atoms with Crippen molar-refractivity contribution in [2.75, 3.05) is 19.6 Å². The fraction of sp³-hybridized carbons (Fsp3) is 0.929. The first-order valence-electron chi connectivity index (χ1n) is 6.90. The van der Waals surface area contributed by atoms with E-state index in [4.69, 9.17) is 5.73 Å². The maximum Gasteiger partial charge on any atom is 0.225 e. The predicted molar refractivity (Wildman–Crippen MR) is 71.6 cm³/mol. The predicted octanol–water partition coefficient (Wildman–Crippen LogP) is 2.26. The second-order valence-electron chi connectivity index (χ2n) is 6.24. The van der Waals surface area contributed by atoms with E-state index in [1.165, 1.54) is 12.8 Å². The van der Waals surface area contributed by atoms with Gasteiger partial charge in [-0.3, -0.25) is 4.79 Å². The highest BCUT2D eigenvalue weighted by Gasteiger charge is 2.33. The van der Waals surface area contributed by atoms with Gasteiger partial charge in [0.25, 0.3) is 0 Å². The zero-order valence-corrected chi connectivity index (χ0v) is 11.8. The highest BCUT2D eigenvalue weighted by molar-refractivity contribution is 5.79. The fourth-order valence-corrected chi connectivity index (χ4v) is 2.67. The molecule has 3 heteroatoms. The number of hydrogen-bond donors (Lipinski definition) is 1. The van der Waals surface area contributed by atoms with E-state index in [2.05, 4.69) is 27.7 Å². The summed E-state index contributed by atoms with van der Waals surface area (Å²) in [7, 11) is 0. The summed E-state index contributed by atoms with van der Waals surface area (Å²) in [6.07, 6.45) is 3.48. The molecular weight excluding hydrogens is 212 g/mol. The molecule has 1 saturated carbocycles. The third-order valence-electron chi connectivity index (χ3n) is 4.04. The van der Waals surface area contributed by atoms with Gasteiger partial charge in [-0.25, -0.2) is 0 Å². The molecule has 0 aromatic carbocycles. The number of amides is 1. The Morgan fingerprint density at radius 2 is 2.06 bits per heavy atom. The molecule has 1 aliphatic rings. The highest BCUT2D eigenvalue weighted by Crippen LogP contribution is 2.33. The van der Waals surface area contributed by atoms with Gasteiger partial charge in [-0.05, 0) is 37.6 Å². The first kappa shape index (κ1) is 14.5. The lowest BCUT2D eigenvalue weighted by atomic mass is 9.91. The molecule has 2 N–H and O–H groups in total. The molecule has 0 aromatic heterocycles. The molecule has 1 aliphatic carbocycles. The van der Waals surface area contributed by atoms with Gasteiger partial charge >= 0.3 is 0 Å². The van der Waals surface area contributed by atoms with E-state index in [0.717, 1.165) is 19.5 Å². The highest BCUT2D eigenvalue weighted by atomic mass is 16.2. The van der Waals surface area contributed by atoms with Crippen molar-refractivity contribution in [3.05, 3.63) is 0 Å². The quantitative estimate of drug-likeness (QED) is 0.801. The zero-order valence-electron chi connectivity index (χ0n) is 11.8. The molecular formula is C14H28N2O. The van der Waals surface area contributed by atoms with Crippen LogP contribution in [0.5, 0.6) is 0 Å². The van der Waals surface area contributed by atoms with Gasteiger partial charge in [0.15, 0.2) is 0 Å². The minimum atomic E-state index is 0.0213. The molecule has 2 unspecified atom stereocenters. The molecule has 0 aromatic rings. The van der Waals surface area contributed by atoms with Gasteiger partial charge in [-0.15, -0.1) is 0 Å². The maximum absolute atomic E-state index is 12.5. The van der Waals surface area contributed by atoms with Gasteiger partial charge in [0.2, 0.25) is 5.91 Å². The van der Waals surface area contributed by atoms with Gasteiger partial charge in [0, 0.05) is 19.0 Å². The molecule has 100 valence electrons. The Balaban J connectivity index is 2.64. The van der Waals surface area contributed by atoms with Crippen molar-refractivity contribution in [2.24, 2.45) is 23.0 Å². The Hall–Kier alpha value is -0.570. The van der Waals surface area contributed by atoms with Crippen LogP contribution in [0.3, 0.4) is 0 Å². The van der Waals surface area contributed by atoms with Crippen LogP contribution in [0.2, 0.25) is 0 Å². The Morgan fingerprint density at radius 1 is 1.41 bits per heavy atom. The van der Waals surface area contributed by atoms with E-state index >= 15 is 0 Å². The summed E-state index contributed by atoms with van der Waals surface area (Å²) in [5.74, 6) is 1.15. The van der Waals surface area contributed by atoms with E-state index in [-0.39, 0.29) is 11.3 Å². The zero-order chi connectivity index (χ0) is 13.1. The van der Waals surface area contributed by atoms with Crippen LogP contribution in [0.25, 0.3) is 0 Å². The fourth-order valence-electron chi connectivity index (χ4n) is 2.67. The van der Waals surface area contributed by atoms with Crippen molar-refractivity contribution in [1.29, 1.82) is 0 Å². The maximum atomic E-state index is 12.5. The van der Waals surface area contributed by atoms with Gasteiger partial charge in [0.05, 0.1) is 0 Å². The van der Waals surface area contributed by atoms with E-state index in [1.54, 1.807) is 0 Å². The number of rotatable bonds is 5. The lowest BCUT2D eigenvalue weighted by Crippen LogP contribution is -2.44. The first-order chi connectivity index (χ1) is 7.91. The number of carbonyl (C=O) groups is 1. The number of nitrogens with two attached hydrogens (primary N) is 1. The van der Waals surface area contributed by atoms with Gasteiger partial charge < -0.3 is 10.6 Å². The number of nitrogens with zero attached hydrogens (tertiary/aromatic N) is 1. The Kier molecular flexibility index (Phi) is 4.99. The van der Waals surface area contributed by atoms with E-state index in [9.17, 15) is 4.79 Å². The summed E-state index contributed by atoms with van der Waals surface area (Å²) in [6, 6.07) is 0. The van der Waals surface area contributed by atoms with Crippen molar-refractivity contribution in [3.63, 3.8) is 0 Å². The minimum Gasteiger partial charge on any atom is -0.342 e. The van der Waals surface area contributed by atoms with Gasteiger partial charge in [-0.2, -0.15) is 0 Å².